The molecular weight excluding hydrogens is 210 g/mol. The Balaban J connectivity index is 1.65. The van der Waals surface area contributed by atoms with Gasteiger partial charge in [-0.1, -0.05) is 6.07 Å². The fourth-order valence-electron chi connectivity index (χ4n) is 2.39. The lowest BCUT2D eigenvalue weighted by Crippen LogP contribution is -2.34. The maximum Gasteiger partial charge on any atom is 0.0655 e. The van der Waals surface area contributed by atoms with E-state index in [1.165, 1.54) is 5.56 Å². The number of aromatic nitrogens is 1. The molecule has 0 radical (unpaired) electrons. The summed E-state index contributed by atoms with van der Waals surface area (Å²) in [6.07, 6.45) is 9.17. The number of nitrogens with zero attached hydrogens (tertiary/aromatic N) is 2. The minimum atomic E-state index is 0.298. The summed E-state index contributed by atoms with van der Waals surface area (Å²) in [5.74, 6) is 0.298. The molecule has 1 aliphatic rings. The zero-order chi connectivity index (χ0) is 11.9. The van der Waals surface area contributed by atoms with Crippen LogP contribution in [0.5, 0.6) is 0 Å². The maximum absolute atomic E-state index is 8.82. The van der Waals surface area contributed by atoms with Crippen molar-refractivity contribution in [3.05, 3.63) is 30.1 Å². The molecule has 1 aliphatic carbocycles. The van der Waals surface area contributed by atoms with Crippen LogP contribution in [-0.4, -0.2) is 17.6 Å². The molecule has 3 heteroatoms. The summed E-state index contributed by atoms with van der Waals surface area (Å²) in [6, 6.07) is 7.07. The lowest BCUT2D eigenvalue weighted by Gasteiger charge is -2.25. The van der Waals surface area contributed by atoms with E-state index >= 15 is 0 Å². The summed E-state index contributed by atoms with van der Waals surface area (Å²) < 4.78 is 0. The molecule has 0 atom stereocenters. The van der Waals surface area contributed by atoms with Crippen LogP contribution < -0.4 is 5.32 Å². The molecule has 3 nitrogen and oxygen atoms in total. The molecule has 0 aliphatic heterocycles. The van der Waals surface area contributed by atoms with E-state index in [1.807, 2.05) is 12.3 Å². The van der Waals surface area contributed by atoms with E-state index in [0.29, 0.717) is 12.0 Å². The summed E-state index contributed by atoms with van der Waals surface area (Å²) in [6.45, 7) is 1.01. The molecule has 90 valence electrons. The molecule has 1 saturated carbocycles. The van der Waals surface area contributed by atoms with E-state index < -0.39 is 0 Å². The summed E-state index contributed by atoms with van der Waals surface area (Å²) in [5.41, 5.74) is 1.28. The van der Waals surface area contributed by atoms with E-state index in [4.69, 9.17) is 5.26 Å². The van der Waals surface area contributed by atoms with Crippen molar-refractivity contribution >= 4 is 0 Å². The van der Waals surface area contributed by atoms with Crippen LogP contribution in [0, 0.1) is 17.2 Å². The predicted octanol–water partition coefficient (Wildman–Crippen LogP) is 2.30. The molecular formula is C14H19N3. The molecule has 0 amide bonds. The Kier molecular flexibility index (Phi) is 4.52. The number of nitriles is 1. The van der Waals surface area contributed by atoms with Gasteiger partial charge in [-0.15, -0.1) is 0 Å². The minimum Gasteiger partial charge on any atom is -0.314 e. The number of hydrogen-bond donors (Lipinski definition) is 1. The van der Waals surface area contributed by atoms with Crippen molar-refractivity contribution in [2.45, 2.75) is 38.1 Å². The Bertz CT molecular complexity index is 361. The van der Waals surface area contributed by atoms with Gasteiger partial charge < -0.3 is 5.32 Å². The number of hydrogen-bond acceptors (Lipinski definition) is 3. The van der Waals surface area contributed by atoms with Gasteiger partial charge in [-0.05, 0) is 50.3 Å². The minimum absolute atomic E-state index is 0.298. The first-order valence-corrected chi connectivity index (χ1v) is 6.40. The standard InChI is InChI=1S/C14H19N3/c15-10-12-3-5-14(6-4-12)17-9-7-13-2-1-8-16-11-13/h1-2,8,11-12,14,17H,3-7,9H2. The predicted molar refractivity (Wildman–Crippen MR) is 67.3 cm³/mol. The van der Waals surface area contributed by atoms with Gasteiger partial charge in [0.15, 0.2) is 0 Å². The topological polar surface area (TPSA) is 48.7 Å². The van der Waals surface area contributed by atoms with Crippen LogP contribution in [0.3, 0.4) is 0 Å². The van der Waals surface area contributed by atoms with Gasteiger partial charge in [-0.2, -0.15) is 5.26 Å². The second-order valence-corrected chi connectivity index (χ2v) is 4.74. The lowest BCUT2D eigenvalue weighted by molar-refractivity contribution is 0.334. The van der Waals surface area contributed by atoms with E-state index in [1.54, 1.807) is 6.20 Å². The van der Waals surface area contributed by atoms with Crippen LogP contribution in [-0.2, 0) is 6.42 Å². The first kappa shape index (κ1) is 12.1. The van der Waals surface area contributed by atoms with Crippen molar-refractivity contribution in [1.29, 1.82) is 5.26 Å². The molecule has 0 saturated heterocycles. The van der Waals surface area contributed by atoms with Crippen molar-refractivity contribution < 1.29 is 0 Å². The lowest BCUT2D eigenvalue weighted by atomic mass is 9.87. The normalized spacial score (nSPS) is 24.2. The van der Waals surface area contributed by atoms with Gasteiger partial charge in [-0.3, -0.25) is 4.98 Å². The van der Waals surface area contributed by atoms with Gasteiger partial charge in [0.25, 0.3) is 0 Å². The van der Waals surface area contributed by atoms with E-state index in [-0.39, 0.29) is 0 Å². The summed E-state index contributed by atoms with van der Waals surface area (Å²) >= 11 is 0. The Hall–Kier alpha value is -1.40. The van der Waals surface area contributed by atoms with E-state index in [2.05, 4.69) is 22.4 Å². The molecule has 1 heterocycles. The van der Waals surface area contributed by atoms with Gasteiger partial charge in [0, 0.05) is 24.4 Å². The Morgan fingerprint density at radius 3 is 2.82 bits per heavy atom. The van der Waals surface area contributed by atoms with Crippen LogP contribution in [0.25, 0.3) is 0 Å². The van der Waals surface area contributed by atoms with Gasteiger partial charge in [0.2, 0.25) is 0 Å². The van der Waals surface area contributed by atoms with Gasteiger partial charge >= 0.3 is 0 Å². The van der Waals surface area contributed by atoms with Gasteiger partial charge in [-0.25, -0.2) is 0 Å². The van der Waals surface area contributed by atoms with Crippen molar-refractivity contribution in [3.63, 3.8) is 0 Å². The highest BCUT2D eigenvalue weighted by Gasteiger charge is 2.19. The molecule has 2 rings (SSSR count). The second-order valence-electron chi connectivity index (χ2n) is 4.74. The molecule has 1 fully saturated rings. The fourth-order valence-corrected chi connectivity index (χ4v) is 2.39. The zero-order valence-corrected chi connectivity index (χ0v) is 10.1. The average molecular weight is 229 g/mol. The Morgan fingerprint density at radius 2 is 2.18 bits per heavy atom. The van der Waals surface area contributed by atoms with Crippen LogP contribution in [0.1, 0.15) is 31.2 Å². The monoisotopic (exact) mass is 229 g/mol. The molecule has 1 aromatic rings. The smallest absolute Gasteiger partial charge is 0.0655 e. The van der Waals surface area contributed by atoms with Crippen LogP contribution in [0.2, 0.25) is 0 Å². The third-order valence-electron chi connectivity index (χ3n) is 3.48. The second kappa shape index (κ2) is 6.36. The zero-order valence-electron chi connectivity index (χ0n) is 10.1. The fraction of sp³-hybridized carbons (Fsp3) is 0.571. The molecule has 1 N–H and O–H groups in total. The first-order valence-electron chi connectivity index (χ1n) is 6.40. The number of nitrogens with one attached hydrogen (secondary N) is 1. The summed E-state index contributed by atoms with van der Waals surface area (Å²) in [4.78, 5) is 4.11. The Labute approximate surface area is 103 Å². The molecule has 0 unspecified atom stereocenters. The van der Waals surface area contributed by atoms with Crippen molar-refractivity contribution in [1.82, 2.24) is 10.3 Å². The molecule has 17 heavy (non-hydrogen) atoms. The first-order chi connectivity index (χ1) is 8.38. The quantitative estimate of drug-likeness (QED) is 0.861. The highest BCUT2D eigenvalue weighted by Crippen LogP contribution is 2.23. The molecule has 1 aromatic heterocycles. The third-order valence-corrected chi connectivity index (χ3v) is 3.48. The molecule has 0 spiro atoms. The third kappa shape index (κ3) is 3.83. The van der Waals surface area contributed by atoms with Crippen LogP contribution >= 0.6 is 0 Å². The summed E-state index contributed by atoms with van der Waals surface area (Å²) in [5, 5.41) is 12.4. The van der Waals surface area contributed by atoms with Gasteiger partial charge in [0.05, 0.1) is 6.07 Å². The highest BCUT2D eigenvalue weighted by atomic mass is 14.9. The van der Waals surface area contributed by atoms with Crippen molar-refractivity contribution in [2.24, 2.45) is 5.92 Å². The largest absolute Gasteiger partial charge is 0.314 e. The van der Waals surface area contributed by atoms with Crippen molar-refractivity contribution in [3.8, 4) is 6.07 Å². The van der Waals surface area contributed by atoms with E-state index in [0.717, 1.165) is 38.6 Å². The number of pyridine rings is 1. The molecule has 0 bridgehead atoms. The SMILES string of the molecule is N#CC1CCC(NCCc2cccnc2)CC1. The number of rotatable bonds is 4. The van der Waals surface area contributed by atoms with Gasteiger partial charge in [0.1, 0.15) is 0 Å². The Morgan fingerprint density at radius 1 is 1.35 bits per heavy atom. The van der Waals surface area contributed by atoms with Crippen LogP contribution in [0.15, 0.2) is 24.5 Å². The van der Waals surface area contributed by atoms with Crippen molar-refractivity contribution in [2.75, 3.05) is 6.54 Å². The van der Waals surface area contributed by atoms with E-state index in [9.17, 15) is 0 Å². The summed E-state index contributed by atoms with van der Waals surface area (Å²) in [7, 11) is 0. The average Bonchev–Trinajstić information content (AvgIpc) is 2.41. The molecule has 0 aromatic carbocycles. The maximum atomic E-state index is 8.82. The highest BCUT2D eigenvalue weighted by molar-refractivity contribution is 5.08. The van der Waals surface area contributed by atoms with Crippen LogP contribution in [0.4, 0.5) is 0 Å².